The topological polar surface area (TPSA) is 34.1 Å². The van der Waals surface area contributed by atoms with Crippen LogP contribution in [0.2, 0.25) is 10.0 Å². The first-order valence-corrected chi connectivity index (χ1v) is 8.42. The van der Waals surface area contributed by atoms with Crippen LogP contribution in [-0.2, 0) is 0 Å². The number of rotatable bonds is 2. The maximum Gasteiger partial charge on any atom is 0.231 e. The number of carbonyl (C=O) groups excluding carboxylic acids is 2. The van der Waals surface area contributed by atoms with Crippen molar-refractivity contribution in [1.82, 2.24) is 0 Å². The van der Waals surface area contributed by atoms with E-state index < -0.39 is 0 Å². The molecule has 0 spiro atoms. The molecule has 2 rings (SSSR count). The Morgan fingerprint density at radius 1 is 0.700 bits per heavy atom. The minimum Gasteiger partial charge on any atom is -0.281 e. The van der Waals surface area contributed by atoms with Gasteiger partial charge in [0, 0.05) is 11.1 Å². The lowest BCUT2D eigenvalue weighted by atomic mass is 10.2. The van der Waals surface area contributed by atoms with E-state index in [0.717, 1.165) is 21.6 Å². The molecule has 0 N–H and O–H groups in total. The molecular formula is C14H8Cl2O2S2. The zero-order valence-electron chi connectivity index (χ0n) is 10.0. The van der Waals surface area contributed by atoms with Crippen LogP contribution in [-0.4, -0.2) is 10.2 Å². The first-order valence-electron chi connectivity index (χ1n) is 5.52. The van der Waals surface area contributed by atoms with E-state index in [-0.39, 0.29) is 10.2 Å². The van der Waals surface area contributed by atoms with Gasteiger partial charge in [0.1, 0.15) is 0 Å². The summed E-state index contributed by atoms with van der Waals surface area (Å²) in [4.78, 5) is 23.9. The second-order valence-corrected chi connectivity index (χ2v) is 6.59. The van der Waals surface area contributed by atoms with Crippen molar-refractivity contribution in [2.45, 2.75) is 0 Å². The van der Waals surface area contributed by atoms with E-state index in [0.29, 0.717) is 21.2 Å². The van der Waals surface area contributed by atoms with Gasteiger partial charge in [0.25, 0.3) is 0 Å². The summed E-state index contributed by atoms with van der Waals surface area (Å²) in [5, 5.41) is 0.216. The number of carbonyl (C=O) groups is 2. The van der Waals surface area contributed by atoms with Crippen molar-refractivity contribution in [3.8, 4) is 0 Å². The van der Waals surface area contributed by atoms with E-state index in [9.17, 15) is 9.59 Å². The molecule has 0 aliphatic rings. The monoisotopic (exact) mass is 342 g/mol. The van der Waals surface area contributed by atoms with E-state index >= 15 is 0 Å². The molecule has 0 heterocycles. The van der Waals surface area contributed by atoms with E-state index in [1.165, 1.54) is 0 Å². The Morgan fingerprint density at radius 3 is 1.40 bits per heavy atom. The summed E-state index contributed by atoms with van der Waals surface area (Å²) >= 11 is 11.9. The third-order valence-corrected chi connectivity index (χ3v) is 5.02. The van der Waals surface area contributed by atoms with Gasteiger partial charge < -0.3 is 0 Å². The highest BCUT2D eigenvalue weighted by molar-refractivity contribution is 8.87. The molecule has 0 unspecified atom stereocenters. The van der Waals surface area contributed by atoms with Gasteiger partial charge in [0.2, 0.25) is 10.2 Å². The maximum absolute atomic E-state index is 12.0. The third-order valence-electron chi connectivity index (χ3n) is 2.38. The van der Waals surface area contributed by atoms with Gasteiger partial charge in [-0.2, -0.15) is 0 Å². The first-order chi connectivity index (χ1) is 9.59. The minimum absolute atomic E-state index is 0.263. The predicted molar refractivity (Wildman–Crippen MR) is 86.7 cm³/mol. The Labute approximate surface area is 134 Å². The summed E-state index contributed by atoms with van der Waals surface area (Å²) in [7, 11) is 1.68. The van der Waals surface area contributed by atoms with Gasteiger partial charge in [-0.25, -0.2) is 0 Å². The fourth-order valence-electron chi connectivity index (χ4n) is 1.42. The van der Waals surface area contributed by atoms with Crippen molar-refractivity contribution >= 4 is 55.0 Å². The minimum atomic E-state index is -0.263. The van der Waals surface area contributed by atoms with Crippen LogP contribution in [0.1, 0.15) is 20.7 Å². The molecule has 0 atom stereocenters. The summed E-state index contributed by atoms with van der Waals surface area (Å²) < 4.78 is 0. The van der Waals surface area contributed by atoms with Crippen molar-refractivity contribution in [3.05, 3.63) is 69.7 Å². The van der Waals surface area contributed by atoms with Crippen LogP contribution in [0.15, 0.2) is 48.5 Å². The first kappa shape index (κ1) is 15.4. The fraction of sp³-hybridized carbons (Fsp3) is 0. The second kappa shape index (κ2) is 7.18. The normalized spacial score (nSPS) is 10.3. The molecule has 0 fully saturated rings. The number of benzene rings is 2. The molecule has 2 nitrogen and oxygen atoms in total. The molecule has 6 heteroatoms. The van der Waals surface area contributed by atoms with Crippen LogP contribution >= 0.6 is 44.8 Å². The van der Waals surface area contributed by atoms with Gasteiger partial charge in [-0.3, -0.25) is 9.59 Å². The largest absolute Gasteiger partial charge is 0.281 e. The van der Waals surface area contributed by atoms with Gasteiger partial charge in [-0.15, -0.1) is 0 Å². The fourth-order valence-corrected chi connectivity index (χ4v) is 3.65. The van der Waals surface area contributed by atoms with Crippen LogP contribution in [0.5, 0.6) is 0 Å². The second-order valence-electron chi connectivity index (χ2n) is 3.70. The number of hydrogen-bond donors (Lipinski definition) is 0. The molecule has 2 aromatic rings. The van der Waals surface area contributed by atoms with Crippen LogP contribution in [0, 0.1) is 0 Å². The standard InChI is InChI=1S/C14H8Cl2O2S2/c15-11-7-3-1-5-9(11)13(17)19-20-14(18)10-6-2-4-8-12(10)16/h1-8H. The van der Waals surface area contributed by atoms with Crippen LogP contribution < -0.4 is 0 Å². The molecule has 0 saturated carbocycles. The molecule has 0 radical (unpaired) electrons. The molecule has 102 valence electrons. The quantitative estimate of drug-likeness (QED) is 0.688. The van der Waals surface area contributed by atoms with Crippen molar-refractivity contribution < 1.29 is 9.59 Å². The highest BCUT2D eigenvalue weighted by Crippen LogP contribution is 2.33. The van der Waals surface area contributed by atoms with E-state index in [1.54, 1.807) is 48.5 Å². The Morgan fingerprint density at radius 2 is 1.05 bits per heavy atom. The SMILES string of the molecule is O=C(SSC(=O)c1ccccc1Cl)c1ccccc1Cl. The molecule has 0 bridgehead atoms. The lowest BCUT2D eigenvalue weighted by Gasteiger charge is -2.03. The van der Waals surface area contributed by atoms with Crippen LogP contribution in [0.3, 0.4) is 0 Å². The van der Waals surface area contributed by atoms with Crippen LogP contribution in [0.4, 0.5) is 0 Å². The predicted octanol–water partition coefficient (Wildman–Crippen LogP) is 5.36. The molecule has 2 aromatic carbocycles. The number of halogens is 2. The van der Waals surface area contributed by atoms with Gasteiger partial charge in [0.15, 0.2) is 0 Å². The Bertz CT molecular complexity index is 602. The summed E-state index contributed by atoms with van der Waals surface area (Å²) in [6, 6.07) is 13.4. The van der Waals surface area contributed by atoms with Gasteiger partial charge in [-0.1, -0.05) is 47.5 Å². The Kier molecular flexibility index (Phi) is 5.54. The highest BCUT2D eigenvalue weighted by Gasteiger charge is 2.16. The Balaban J connectivity index is 2.03. The lowest BCUT2D eigenvalue weighted by molar-refractivity contribution is 0.107. The van der Waals surface area contributed by atoms with E-state index in [1.807, 2.05) is 0 Å². The molecule has 0 aliphatic heterocycles. The summed E-state index contributed by atoms with van der Waals surface area (Å²) in [5.74, 6) is 0. The molecule has 0 saturated heterocycles. The average Bonchev–Trinajstić information content (AvgIpc) is 2.45. The molecule has 0 amide bonds. The molecular weight excluding hydrogens is 335 g/mol. The average molecular weight is 343 g/mol. The van der Waals surface area contributed by atoms with E-state index in [4.69, 9.17) is 23.2 Å². The van der Waals surface area contributed by atoms with Crippen molar-refractivity contribution in [3.63, 3.8) is 0 Å². The van der Waals surface area contributed by atoms with Gasteiger partial charge in [0.05, 0.1) is 10.0 Å². The number of hydrogen-bond acceptors (Lipinski definition) is 4. The van der Waals surface area contributed by atoms with Crippen molar-refractivity contribution in [2.24, 2.45) is 0 Å². The smallest absolute Gasteiger partial charge is 0.231 e. The van der Waals surface area contributed by atoms with Crippen molar-refractivity contribution in [1.29, 1.82) is 0 Å². The molecule has 20 heavy (non-hydrogen) atoms. The zero-order chi connectivity index (χ0) is 14.5. The summed E-state index contributed by atoms with van der Waals surface area (Å²) in [6.07, 6.45) is 0. The van der Waals surface area contributed by atoms with Crippen LogP contribution in [0.25, 0.3) is 0 Å². The van der Waals surface area contributed by atoms with Crippen molar-refractivity contribution in [2.75, 3.05) is 0 Å². The molecule has 0 aliphatic carbocycles. The summed E-state index contributed by atoms with van der Waals surface area (Å²) in [6.45, 7) is 0. The summed E-state index contributed by atoms with van der Waals surface area (Å²) in [5.41, 5.74) is 0.775. The van der Waals surface area contributed by atoms with E-state index in [2.05, 4.69) is 0 Å². The molecule has 0 aromatic heterocycles. The highest BCUT2D eigenvalue weighted by atomic mass is 35.5. The third kappa shape index (κ3) is 3.79. The maximum atomic E-state index is 12.0. The zero-order valence-corrected chi connectivity index (χ0v) is 13.2. The van der Waals surface area contributed by atoms with Gasteiger partial charge >= 0.3 is 0 Å². The Hall–Kier alpha value is -0.940. The van der Waals surface area contributed by atoms with Gasteiger partial charge in [-0.05, 0) is 45.9 Å². The lowest BCUT2D eigenvalue weighted by Crippen LogP contribution is -1.96.